The van der Waals surface area contributed by atoms with Gasteiger partial charge >= 0.3 is 0 Å². The van der Waals surface area contributed by atoms with Gasteiger partial charge in [-0.3, -0.25) is 19.6 Å². The third-order valence-corrected chi connectivity index (χ3v) is 4.77. The van der Waals surface area contributed by atoms with Crippen molar-refractivity contribution in [3.05, 3.63) is 0 Å². The molecule has 0 radical (unpaired) electrons. The van der Waals surface area contributed by atoms with Crippen LogP contribution in [0.5, 0.6) is 0 Å². The molecule has 0 saturated carbocycles. The minimum absolute atomic E-state index is 0.723. The first kappa shape index (κ1) is 9.83. The maximum Gasteiger partial charge on any atom is 0.0942 e. The molecule has 4 saturated heterocycles. The highest BCUT2D eigenvalue weighted by Gasteiger charge is 2.51. The zero-order chi connectivity index (χ0) is 10.5. The van der Waals surface area contributed by atoms with Crippen molar-refractivity contribution in [3.63, 3.8) is 0 Å². The average molecular weight is 222 g/mol. The molecule has 4 aliphatic rings. The molecule has 4 heteroatoms. The van der Waals surface area contributed by atoms with E-state index in [-0.39, 0.29) is 0 Å². The van der Waals surface area contributed by atoms with Gasteiger partial charge in [0.05, 0.1) is 25.7 Å². The van der Waals surface area contributed by atoms with Crippen LogP contribution >= 0.6 is 0 Å². The molecule has 0 aromatic rings. The van der Waals surface area contributed by atoms with Crippen LogP contribution < -0.4 is 0 Å². The summed E-state index contributed by atoms with van der Waals surface area (Å²) in [6.45, 7) is 7.73. The van der Waals surface area contributed by atoms with Crippen molar-refractivity contribution in [2.75, 3.05) is 39.5 Å². The van der Waals surface area contributed by atoms with Gasteiger partial charge in [0.1, 0.15) is 0 Å². The molecule has 0 spiro atoms. The number of nitrogens with zero attached hydrogens (tertiary/aromatic N) is 4. The Morgan fingerprint density at radius 2 is 0.812 bits per heavy atom. The Hall–Kier alpha value is -0.160. The quantitative estimate of drug-likeness (QED) is 0.587. The van der Waals surface area contributed by atoms with Crippen LogP contribution in [0, 0.1) is 0 Å². The second kappa shape index (κ2) is 3.67. The van der Waals surface area contributed by atoms with Crippen LogP contribution in [0.4, 0.5) is 0 Å². The van der Waals surface area contributed by atoms with Gasteiger partial charge in [-0.05, 0) is 25.7 Å². The van der Waals surface area contributed by atoms with Crippen molar-refractivity contribution in [1.82, 2.24) is 19.6 Å². The van der Waals surface area contributed by atoms with E-state index in [0.29, 0.717) is 0 Å². The predicted molar refractivity (Wildman–Crippen MR) is 62.6 cm³/mol. The summed E-state index contributed by atoms with van der Waals surface area (Å²) in [5.41, 5.74) is 0. The fourth-order valence-electron chi connectivity index (χ4n) is 4.09. The van der Waals surface area contributed by atoms with Crippen LogP contribution in [0.3, 0.4) is 0 Å². The monoisotopic (exact) mass is 222 g/mol. The van der Waals surface area contributed by atoms with Gasteiger partial charge in [0.2, 0.25) is 0 Å². The topological polar surface area (TPSA) is 13.0 Å². The molecule has 0 atom stereocenters. The van der Waals surface area contributed by atoms with Gasteiger partial charge in [-0.15, -0.1) is 0 Å². The molecule has 4 aliphatic heterocycles. The van der Waals surface area contributed by atoms with Crippen LogP contribution in [0.25, 0.3) is 0 Å². The lowest BCUT2D eigenvalue weighted by Gasteiger charge is -2.26. The zero-order valence-corrected chi connectivity index (χ0v) is 10.0. The van der Waals surface area contributed by atoms with E-state index in [9.17, 15) is 0 Å². The fourth-order valence-corrected chi connectivity index (χ4v) is 4.09. The summed E-state index contributed by atoms with van der Waals surface area (Å²) in [4.78, 5) is 10.9. The van der Waals surface area contributed by atoms with E-state index < -0.39 is 0 Å². The van der Waals surface area contributed by atoms with Gasteiger partial charge in [0.25, 0.3) is 0 Å². The van der Waals surface area contributed by atoms with E-state index in [4.69, 9.17) is 0 Å². The Labute approximate surface area is 97.8 Å². The van der Waals surface area contributed by atoms with Crippen molar-refractivity contribution in [1.29, 1.82) is 0 Å². The molecular formula is C12H22N4. The minimum atomic E-state index is 0.723. The maximum absolute atomic E-state index is 2.73. The first-order valence-electron chi connectivity index (χ1n) is 6.90. The largest absolute Gasteiger partial charge is 0.272 e. The number of hydrogen-bond donors (Lipinski definition) is 0. The molecule has 0 N–H and O–H groups in total. The summed E-state index contributed by atoms with van der Waals surface area (Å²) in [6, 6.07) is 0. The molecule has 0 bridgehead atoms. The van der Waals surface area contributed by atoms with Crippen molar-refractivity contribution < 1.29 is 0 Å². The third kappa shape index (κ3) is 1.30. The van der Waals surface area contributed by atoms with Crippen LogP contribution in [0.15, 0.2) is 0 Å². The van der Waals surface area contributed by atoms with E-state index in [0.717, 1.165) is 12.3 Å². The summed E-state index contributed by atoms with van der Waals surface area (Å²) in [7, 11) is 0. The van der Waals surface area contributed by atoms with Crippen molar-refractivity contribution in [2.45, 2.75) is 38.0 Å². The normalized spacial score (nSPS) is 42.0. The molecule has 4 heterocycles. The zero-order valence-electron chi connectivity index (χ0n) is 10.0. The highest BCUT2D eigenvalue weighted by Crippen LogP contribution is 2.35. The van der Waals surface area contributed by atoms with Crippen LogP contribution in [-0.4, -0.2) is 71.4 Å². The Bertz CT molecular complexity index is 230. The predicted octanol–water partition coefficient (Wildman–Crippen LogP) is 0.376. The summed E-state index contributed by atoms with van der Waals surface area (Å²) in [6.07, 6.45) is 7.03. The minimum Gasteiger partial charge on any atom is -0.272 e. The van der Waals surface area contributed by atoms with Crippen molar-refractivity contribution >= 4 is 0 Å². The van der Waals surface area contributed by atoms with E-state index >= 15 is 0 Å². The highest BCUT2D eigenvalue weighted by molar-refractivity contribution is 4.99. The Kier molecular flexibility index (Phi) is 2.25. The second-order valence-electron chi connectivity index (χ2n) is 5.77. The Morgan fingerprint density at radius 3 is 1.12 bits per heavy atom. The molecule has 4 nitrogen and oxygen atoms in total. The van der Waals surface area contributed by atoms with Crippen molar-refractivity contribution in [3.8, 4) is 0 Å². The lowest BCUT2D eigenvalue weighted by Crippen LogP contribution is -2.44. The summed E-state index contributed by atoms with van der Waals surface area (Å²) in [5.74, 6) is 0. The van der Waals surface area contributed by atoms with E-state index in [2.05, 4.69) is 19.6 Å². The molecular weight excluding hydrogens is 200 g/mol. The van der Waals surface area contributed by atoms with Crippen LogP contribution in [-0.2, 0) is 0 Å². The van der Waals surface area contributed by atoms with Gasteiger partial charge in [0.15, 0.2) is 0 Å². The molecule has 0 amide bonds. The van der Waals surface area contributed by atoms with E-state index in [1.165, 1.54) is 65.2 Å². The van der Waals surface area contributed by atoms with E-state index in [1.807, 2.05) is 0 Å². The first-order valence-corrected chi connectivity index (χ1v) is 6.90. The molecule has 4 rings (SSSR count). The summed E-state index contributed by atoms with van der Waals surface area (Å²) < 4.78 is 0. The molecule has 16 heavy (non-hydrogen) atoms. The molecule has 0 aliphatic carbocycles. The number of rotatable bonds is 0. The maximum atomic E-state index is 2.73. The van der Waals surface area contributed by atoms with Crippen LogP contribution in [0.1, 0.15) is 25.7 Å². The first-order chi connectivity index (χ1) is 7.93. The Balaban J connectivity index is 1.68. The SMILES string of the molecule is C1CCN2CN3CCCCN4CN(C1)C2C43. The third-order valence-electron chi connectivity index (χ3n) is 4.77. The summed E-state index contributed by atoms with van der Waals surface area (Å²) >= 11 is 0. The van der Waals surface area contributed by atoms with Crippen molar-refractivity contribution in [2.24, 2.45) is 0 Å². The van der Waals surface area contributed by atoms with Gasteiger partial charge in [-0.1, -0.05) is 0 Å². The number of hydrogen-bond acceptors (Lipinski definition) is 4. The fraction of sp³-hybridized carbons (Fsp3) is 1.00. The smallest absolute Gasteiger partial charge is 0.0942 e. The molecule has 90 valence electrons. The standard InChI is InChI=1S/C12H22N4/c1-2-6-14-10-16-8-4-3-7-15-9-13(5-1)11(14)12(15)16/h11-12H,1-10H2. The second-order valence-corrected chi connectivity index (χ2v) is 5.77. The molecule has 0 unspecified atom stereocenters. The van der Waals surface area contributed by atoms with Gasteiger partial charge < -0.3 is 0 Å². The lowest BCUT2D eigenvalue weighted by atomic mass is 10.3. The van der Waals surface area contributed by atoms with E-state index in [1.54, 1.807) is 0 Å². The Morgan fingerprint density at radius 1 is 0.500 bits per heavy atom. The van der Waals surface area contributed by atoms with Gasteiger partial charge in [-0.25, -0.2) is 0 Å². The molecule has 0 aromatic carbocycles. The van der Waals surface area contributed by atoms with Gasteiger partial charge in [-0.2, -0.15) is 0 Å². The highest BCUT2D eigenvalue weighted by atomic mass is 15.6. The lowest BCUT2D eigenvalue weighted by molar-refractivity contribution is 0.107. The average Bonchev–Trinajstić information content (AvgIpc) is 2.65. The molecule has 0 aromatic heterocycles. The summed E-state index contributed by atoms with van der Waals surface area (Å²) in [5, 5.41) is 0. The van der Waals surface area contributed by atoms with Crippen LogP contribution in [0.2, 0.25) is 0 Å². The van der Waals surface area contributed by atoms with Gasteiger partial charge in [0, 0.05) is 26.2 Å². The molecule has 4 fully saturated rings.